The number of aromatic nitrogens is 4. The second kappa shape index (κ2) is 4.89. The molecule has 3 aromatic rings. The Kier molecular flexibility index (Phi) is 3.07. The van der Waals surface area contributed by atoms with E-state index < -0.39 is 0 Å². The highest BCUT2D eigenvalue weighted by molar-refractivity contribution is 7.15. The maximum atomic E-state index is 12.3. The average molecular weight is 289 g/mol. The topological polar surface area (TPSA) is 92.7 Å². The van der Waals surface area contributed by atoms with E-state index in [1.807, 2.05) is 0 Å². The number of benzene rings is 1. The maximum absolute atomic E-state index is 12.3. The Morgan fingerprint density at radius 3 is 2.70 bits per heavy atom. The monoisotopic (exact) mass is 289 g/mol. The van der Waals surface area contributed by atoms with Gasteiger partial charge in [0.05, 0.1) is 17.3 Å². The second-order valence-electron chi connectivity index (χ2n) is 4.13. The number of rotatable bonds is 3. The predicted molar refractivity (Wildman–Crippen MR) is 77.4 cm³/mol. The van der Waals surface area contributed by atoms with Gasteiger partial charge >= 0.3 is 0 Å². The molecule has 1 aromatic carbocycles. The SMILES string of the molecule is CNc1nnc(Cn2[nH]c(=O)c3ccccc3c2=O)s1. The van der Waals surface area contributed by atoms with Gasteiger partial charge in [-0.3, -0.25) is 14.7 Å². The molecule has 0 fully saturated rings. The number of nitrogens with zero attached hydrogens (tertiary/aromatic N) is 3. The smallest absolute Gasteiger partial charge is 0.273 e. The lowest BCUT2D eigenvalue weighted by Crippen LogP contribution is -2.30. The molecule has 0 radical (unpaired) electrons. The van der Waals surface area contributed by atoms with E-state index in [9.17, 15) is 9.59 Å². The van der Waals surface area contributed by atoms with Crippen molar-refractivity contribution in [2.24, 2.45) is 0 Å². The predicted octanol–water partition coefficient (Wildman–Crippen LogP) is 0.631. The van der Waals surface area contributed by atoms with Crippen LogP contribution in [-0.4, -0.2) is 27.0 Å². The van der Waals surface area contributed by atoms with Crippen molar-refractivity contribution < 1.29 is 0 Å². The summed E-state index contributed by atoms with van der Waals surface area (Å²) in [6.45, 7) is 0.193. The molecule has 20 heavy (non-hydrogen) atoms. The molecule has 2 aromatic heterocycles. The van der Waals surface area contributed by atoms with E-state index in [4.69, 9.17) is 0 Å². The Hall–Kier alpha value is -2.48. The van der Waals surface area contributed by atoms with Crippen LogP contribution in [0.5, 0.6) is 0 Å². The standard InChI is InChI=1S/C12H11N5O2S/c1-13-12-15-14-9(20-12)6-17-11(19)8-5-3-2-4-7(8)10(18)16-17/h2-5H,6H2,1H3,(H,13,15)(H,16,18). The molecule has 0 atom stereocenters. The minimum absolute atomic E-state index is 0.193. The summed E-state index contributed by atoms with van der Waals surface area (Å²) in [5.41, 5.74) is -0.542. The van der Waals surface area contributed by atoms with Crippen LogP contribution in [-0.2, 0) is 6.54 Å². The molecular formula is C12H11N5O2S. The molecule has 3 rings (SSSR count). The maximum Gasteiger partial charge on any atom is 0.273 e. The molecular weight excluding hydrogens is 278 g/mol. The molecule has 0 bridgehead atoms. The van der Waals surface area contributed by atoms with Gasteiger partial charge in [-0.15, -0.1) is 10.2 Å². The van der Waals surface area contributed by atoms with E-state index >= 15 is 0 Å². The summed E-state index contributed by atoms with van der Waals surface area (Å²) in [6.07, 6.45) is 0. The number of H-pyrrole nitrogens is 1. The molecule has 0 aliphatic carbocycles. The van der Waals surface area contributed by atoms with Crippen molar-refractivity contribution in [3.8, 4) is 0 Å². The largest absolute Gasteiger partial charge is 0.363 e. The van der Waals surface area contributed by atoms with Gasteiger partial charge in [0.25, 0.3) is 11.1 Å². The molecule has 7 nitrogen and oxygen atoms in total. The fraction of sp³-hybridized carbons (Fsp3) is 0.167. The summed E-state index contributed by atoms with van der Waals surface area (Å²) in [5.74, 6) is 0. The Balaban J connectivity index is 2.10. The van der Waals surface area contributed by atoms with Gasteiger partial charge in [-0.1, -0.05) is 23.5 Å². The van der Waals surface area contributed by atoms with E-state index in [2.05, 4.69) is 20.6 Å². The zero-order valence-corrected chi connectivity index (χ0v) is 11.4. The number of aromatic amines is 1. The first-order valence-electron chi connectivity index (χ1n) is 5.91. The molecule has 0 amide bonds. The normalized spacial score (nSPS) is 10.8. The Bertz CT molecular complexity index is 879. The lowest BCUT2D eigenvalue weighted by Gasteiger charge is -2.04. The Labute approximate surface area is 116 Å². The molecule has 102 valence electrons. The third-order valence-corrected chi connectivity index (χ3v) is 3.78. The van der Waals surface area contributed by atoms with E-state index in [1.54, 1.807) is 31.3 Å². The third-order valence-electron chi connectivity index (χ3n) is 2.86. The summed E-state index contributed by atoms with van der Waals surface area (Å²) in [6, 6.07) is 6.73. The summed E-state index contributed by atoms with van der Waals surface area (Å²) in [5, 5.41) is 15.4. The van der Waals surface area contributed by atoms with E-state index in [-0.39, 0.29) is 17.7 Å². The first kappa shape index (κ1) is 12.5. The molecule has 0 saturated heterocycles. The summed E-state index contributed by atoms with van der Waals surface area (Å²) in [7, 11) is 1.74. The van der Waals surface area contributed by atoms with Crippen molar-refractivity contribution in [3.63, 3.8) is 0 Å². The zero-order valence-electron chi connectivity index (χ0n) is 10.6. The van der Waals surface area contributed by atoms with Crippen LogP contribution in [0.25, 0.3) is 10.8 Å². The molecule has 8 heteroatoms. The summed E-state index contributed by atoms with van der Waals surface area (Å²) in [4.78, 5) is 24.2. The van der Waals surface area contributed by atoms with Gasteiger partial charge in [0, 0.05) is 7.05 Å². The Morgan fingerprint density at radius 2 is 2.00 bits per heavy atom. The second-order valence-corrected chi connectivity index (χ2v) is 5.19. The van der Waals surface area contributed by atoms with Gasteiger partial charge in [0.2, 0.25) is 5.13 Å². The van der Waals surface area contributed by atoms with E-state index in [0.717, 1.165) is 0 Å². The molecule has 0 spiro atoms. The molecule has 0 aliphatic rings. The average Bonchev–Trinajstić information content (AvgIpc) is 2.92. The van der Waals surface area contributed by atoms with Crippen molar-refractivity contribution >= 4 is 27.2 Å². The molecule has 0 saturated carbocycles. The fourth-order valence-corrected chi connectivity index (χ4v) is 2.59. The van der Waals surface area contributed by atoms with Gasteiger partial charge in [0.15, 0.2) is 0 Å². The highest BCUT2D eigenvalue weighted by Crippen LogP contribution is 2.14. The lowest BCUT2D eigenvalue weighted by molar-refractivity contribution is 0.630. The van der Waals surface area contributed by atoms with Crippen LogP contribution in [0.4, 0.5) is 5.13 Å². The van der Waals surface area contributed by atoms with Crippen LogP contribution < -0.4 is 16.4 Å². The minimum atomic E-state index is -0.293. The van der Waals surface area contributed by atoms with Gasteiger partial charge in [-0.2, -0.15) is 0 Å². The molecule has 0 unspecified atom stereocenters. The fourth-order valence-electron chi connectivity index (χ4n) is 1.91. The van der Waals surface area contributed by atoms with Gasteiger partial charge in [-0.05, 0) is 12.1 Å². The molecule has 2 heterocycles. The number of anilines is 1. The van der Waals surface area contributed by atoms with Crippen LogP contribution in [0, 0.1) is 0 Å². The lowest BCUT2D eigenvalue weighted by atomic mass is 10.2. The third kappa shape index (κ3) is 2.10. The summed E-state index contributed by atoms with van der Waals surface area (Å²) < 4.78 is 1.25. The van der Waals surface area contributed by atoms with Gasteiger partial charge < -0.3 is 5.32 Å². The highest BCUT2D eigenvalue weighted by Gasteiger charge is 2.09. The van der Waals surface area contributed by atoms with Crippen molar-refractivity contribution in [2.75, 3.05) is 12.4 Å². The van der Waals surface area contributed by atoms with E-state index in [0.29, 0.717) is 20.9 Å². The number of hydrogen-bond donors (Lipinski definition) is 2. The summed E-state index contributed by atoms with van der Waals surface area (Å²) >= 11 is 1.33. The highest BCUT2D eigenvalue weighted by atomic mass is 32.1. The first-order chi connectivity index (χ1) is 9.69. The molecule has 0 aliphatic heterocycles. The van der Waals surface area contributed by atoms with E-state index in [1.165, 1.54) is 16.0 Å². The van der Waals surface area contributed by atoms with Gasteiger partial charge in [-0.25, -0.2) is 4.68 Å². The minimum Gasteiger partial charge on any atom is -0.363 e. The van der Waals surface area contributed by atoms with Crippen molar-refractivity contribution in [1.29, 1.82) is 0 Å². The van der Waals surface area contributed by atoms with Crippen molar-refractivity contribution in [2.45, 2.75) is 6.54 Å². The quantitative estimate of drug-likeness (QED) is 0.738. The van der Waals surface area contributed by atoms with Crippen LogP contribution >= 0.6 is 11.3 Å². The number of hydrogen-bond acceptors (Lipinski definition) is 6. The van der Waals surface area contributed by atoms with Crippen LogP contribution in [0.2, 0.25) is 0 Å². The van der Waals surface area contributed by atoms with Gasteiger partial charge in [0.1, 0.15) is 5.01 Å². The van der Waals surface area contributed by atoms with Crippen molar-refractivity contribution in [3.05, 3.63) is 50.0 Å². The molecule has 2 N–H and O–H groups in total. The van der Waals surface area contributed by atoms with Crippen LogP contribution in [0.1, 0.15) is 5.01 Å². The first-order valence-corrected chi connectivity index (χ1v) is 6.72. The number of fused-ring (bicyclic) bond motifs is 1. The van der Waals surface area contributed by atoms with Crippen molar-refractivity contribution in [1.82, 2.24) is 20.0 Å². The van der Waals surface area contributed by atoms with Crippen LogP contribution in [0.15, 0.2) is 33.9 Å². The Morgan fingerprint density at radius 1 is 1.25 bits per heavy atom. The van der Waals surface area contributed by atoms with Crippen LogP contribution in [0.3, 0.4) is 0 Å². The number of nitrogens with one attached hydrogen (secondary N) is 2. The zero-order chi connectivity index (χ0) is 14.1.